The highest BCUT2D eigenvalue weighted by Crippen LogP contribution is 2.55. The van der Waals surface area contributed by atoms with Crippen molar-refractivity contribution in [2.45, 2.75) is 75.7 Å². The molecule has 1 saturated carbocycles. The van der Waals surface area contributed by atoms with Crippen LogP contribution in [0.4, 0.5) is 5.69 Å². The standard InChI is InChI=1S/C30H42N4O5/c1-4-5-17-33(2)18-19-34-26(28(36)32-20-9-7-6-8-10-20)30-16-15-23(39-30)24(25(30)29(34)37)27(35)31-21-11-13-22(38-3)14-12-21/h11-16,20,23-26H,4-10,17-19H2,1-3H3,(H,31,35)(H,32,36)/t23?,24?,25?,26?,30-/m1/s1. The zero-order valence-corrected chi connectivity index (χ0v) is 23.4. The van der Waals surface area contributed by atoms with E-state index in [0.29, 0.717) is 24.5 Å². The first-order valence-electron chi connectivity index (χ1n) is 14.5. The SMILES string of the molecule is CCCCN(C)CCN1C(=O)C2C(C(=O)Nc3ccc(OC)cc3)C3C=C[C@]2(O3)C1C(=O)NC1CCCCC1. The van der Waals surface area contributed by atoms with E-state index in [0.717, 1.165) is 45.1 Å². The summed E-state index contributed by atoms with van der Waals surface area (Å²) in [4.78, 5) is 45.4. The maximum Gasteiger partial charge on any atom is 0.246 e. The van der Waals surface area contributed by atoms with Gasteiger partial charge < -0.3 is 29.9 Å². The van der Waals surface area contributed by atoms with Crippen LogP contribution in [-0.4, -0.2) is 85.1 Å². The summed E-state index contributed by atoms with van der Waals surface area (Å²) in [5.74, 6) is -1.38. The monoisotopic (exact) mass is 538 g/mol. The lowest BCUT2D eigenvalue weighted by Crippen LogP contribution is -2.57. The van der Waals surface area contributed by atoms with Gasteiger partial charge in [-0.05, 0) is 57.1 Å². The molecule has 3 aliphatic heterocycles. The summed E-state index contributed by atoms with van der Waals surface area (Å²) in [5, 5.41) is 6.21. The van der Waals surface area contributed by atoms with Crippen molar-refractivity contribution in [3.63, 3.8) is 0 Å². The van der Waals surface area contributed by atoms with E-state index in [1.165, 1.54) is 6.42 Å². The van der Waals surface area contributed by atoms with Crippen molar-refractivity contribution in [2.75, 3.05) is 39.1 Å². The number of ether oxygens (including phenoxy) is 2. The van der Waals surface area contributed by atoms with Gasteiger partial charge in [0.2, 0.25) is 17.7 Å². The van der Waals surface area contributed by atoms with Crippen molar-refractivity contribution < 1.29 is 23.9 Å². The Morgan fingerprint density at radius 2 is 1.87 bits per heavy atom. The zero-order chi connectivity index (χ0) is 27.6. The van der Waals surface area contributed by atoms with Gasteiger partial charge in [-0.2, -0.15) is 0 Å². The molecule has 9 nitrogen and oxygen atoms in total. The van der Waals surface area contributed by atoms with E-state index in [4.69, 9.17) is 9.47 Å². The molecule has 0 aromatic heterocycles. The molecule has 2 saturated heterocycles. The molecular weight excluding hydrogens is 496 g/mol. The second-order valence-corrected chi connectivity index (χ2v) is 11.5. The second-order valence-electron chi connectivity index (χ2n) is 11.5. The molecule has 2 N–H and O–H groups in total. The highest BCUT2D eigenvalue weighted by molar-refractivity contribution is 6.02. The van der Waals surface area contributed by atoms with Gasteiger partial charge in [0, 0.05) is 24.8 Å². The van der Waals surface area contributed by atoms with Gasteiger partial charge in [0.05, 0.1) is 25.0 Å². The molecule has 0 radical (unpaired) electrons. The fraction of sp³-hybridized carbons (Fsp3) is 0.633. The molecule has 1 aliphatic carbocycles. The number of likely N-dealkylation sites (N-methyl/N-ethyl adjacent to an activating group) is 1. The topological polar surface area (TPSA) is 100 Å². The molecule has 4 unspecified atom stereocenters. The zero-order valence-electron chi connectivity index (χ0n) is 23.4. The number of benzene rings is 1. The summed E-state index contributed by atoms with van der Waals surface area (Å²) in [5.41, 5.74) is -0.516. The van der Waals surface area contributed by atoms with Crippen LogP contribution in [0.2, 0.25) is 0 Å². The Labute approximate surface area is 231 Å². The van der Waals surface area contributed by atoms with Gasteiger partial charge in [-0.25, -0.2) is 0 Å². The lowest BCUT2D eigenvalue weighted by atomic mass is 9.74. The van der Waals surface area contributed by atoms with Crippen LogP contribution < -0.4 is 15.4 Å². The minimum Gasteiger partial charge on any atom is -0.497 e. The second kappa shape index (κ2) is 11.7. The third kappa shape index (κ3) is 5.31. The number of carbonyl (C=O) groups is 3. The van der Waals surface area contributed by atoms with Gasteiger partial charge in [0.25, 0.3) is 0 Å². The van der Waals surface area contributed by atoms with Gasteiger partial charge in [-0.3, -0.25) is 14.4 Å². The lowest BCUT2D eigenvalue weighted by Gasteiger charge is -2.34. The van der Waals surface area contributed by atoms with Crippen molar-refractivity contribution >= 4 is 23.4 Å². The van der Waals surface area contributed by atoms with Gasteiger partial charge >= 0.3 is 0 Å². The van der Waals surface area contributed by atoms with E-state index in [1.54, 1.807) is 36.3 Å². The number of anilines is 1. The molecule has 5 atom stereocenters. The Hall–Kier alpha value is -2.91. The molecule has 3 amide bonds. The Morgan fingerprint density at radius 3 is 2.56 bits per heavy atom. The van der Waals surface area contributed by atoms with Crippen molar-refractivity contribution in [2.24, 2.45) is 11.8 Å². The van der Waals surface area contributed by atoms with E-state index in [1.807, 2.05) is 19.2 Å². The first-order valence-corrected chi connectivity index (χ1v) is 14.5. The number of carbonyl (C=O) groups excluding carboxylic acids is 3. The van der Waals surface area contributed by atoms with Crippen LogP contribution in [0, 0.1) is 11.8 Å². The summed E-state index contributed by atoms with van der Waals surface area (Å²) in [7, 11) is 3.63. The molecule has 3 heterocycles. The maximum absolute atomic E-state index is 14.1. The summed E-state index contributed by atoms with van der Waals surface area (Å²) >= 11 is 0. The summed E-state index contributed by atoms with van der Waals surface area (Å²) in [6.07, 6.45) is 10.7. The fourth-order valence-corrected chi connectivity index (χ4v) is 6.75. The molecule has 212 valence electrons. The molecule has 2 bridgehead atoms. The average molecular weight is 539 g/mol. The van der Waals surface area contributed by atoms with E-state index in [2.05, 4.69) is 22.5 Å². The Morgan fingerprint density at radius 1 is 1.13 bits per heavy atom. The molecule has 1 aromatic rings. The largest absolute Gasteiger partial charge is 0.497 e. The number of hydrogen-bond acceptors (Lipinski definition) is 6. The van der Waals surface area contributed by atoms with Crippen LogP contribution in [0.5, 0.6) is 5.75 Å². The number of amides is 3. The van der Waals surface area contributed by atoms with E-state index in [-0.39, 0.29) is 23.8 Å². The van der Waals surface area contributed by atoms with Crippen molar-refractivity contribution in [1.82, 2.24) is 15.1 Å². The molecule has 5 rings (SSSR count). The van der Waals surface area contributed by atoms with Gasteiger partial charge in [0.15, 0.2) is 0 Å². The highest BCUT2D eigenvalue weighted by Gasteiger charge is 2.72. The van der Waals surface area contributed by atoms with Crippen LogP contribution in [0.3, 0.4) is 0 Å². The van der Waals surface area contributed by atoms with E-state index in [9.17, 15) is 14.4 Å². The van der Waals surface area contributed by atoms with E-state index < -0.39 is 29.6 Å². The molecule has 1 spiro atoms. The Bertz CT molecular complexity index is 1090. The third-order valence-corrected chi connectivity index (χ3v) is 8.85. The van der Waals surface area contributed by atoms with Crippen LogP contribution in [0.1, 0.15) is 51.9 Å². The third-order valence-electron chi connectivity index (χ3n) is 8.85. The van der Waals surface area contributed by atoms with Crippen molar-refractivity contribution in [1.29, 1.82) is 0 Å². The van der Waals surface area contributed by atoms with E-state index >= 15 is 0 Å². The maximum atomic E-state index is 14.1. The van der Waals surface area contributed by atoms with Gasteiger partial charge in [-0.1, -0.05) is 44.8 Å². The number of fused-ring (bicyclic) bond motifs is 1. The van der Waals surface area contributed by atoms with Crippen LogP contribution >= 0.6 is 0 Å². The summed E-state index contributed by atoms with van der Waals surface area (Å²) in [6.45, 7) is 4.14. The minimum atomic E-state index is -1.13. The number of methoxy groups -OCH3 is 1. The van der Waals surface area contributed by atoms with Crippen LogP contribution in [-0.2, 0) is 19.1 Å². The van der Waals surface area contributed by atoms with Gasteiger partial charge in [-0.15, -0.1) is 0 Å². The lowest BCUT2D eigenvalue weighted by molar-refractivity contribution is -0.141. The number of rotatable bonds is 11. The van der Waals surface area contributed by atoms with Crippen molar-refractivity contribution in [3.05, 3.63) is 36.4 Å². The van der Waals surface area contributed by atoms with Crippen LogP contribution in [0.25, 0.3) is 0 Å². The molecule has 9 heteroatoms. The molecule has 3 fully saturated rings. The number of unbranched alkanes of at least 4 members (excludes halogenated alkanes) is 1. The fourth-order valence-electron chi connectivity index (χ4n) is 6.75. The smallest absolute Gasteiger partial charge is 0.246 e. The van der Waals surface area contributed by atoms with Crippen molar-refractivity contribution in [3.8, 4) is 5.75 Å². The first-order chi connectivity index (χ1) is 18.9. The van der Waals surface area contributed by atoms with Gasteiger partial charge in [0.1, 0.15) is 17.4 Å². The molecule has 4 aliphatic rings. The predicted octanol–water partition coefficient (Wildman–Crippen LogP) is 2.97. The molecular formula is C30H42N4O5. The van der Waals surface area contributed by atoms with Crippen LogP contribution in [0.15, 0.2) is 36.4 Å². The quantitative estimate of drug-likeness (QED) is 0.420. The molecule has 39 heavy (non-hydrogen) atoms. The normalized spacial score (nSPS) is 29.6. The minimum absolute atomic E-state index is 0.114. The number of nitrogens with zero attached hydrogens (tertiary/aromatic N) is 2. The summed E-state index contributed by atoms with van der Waals surface area (Å²) < 4.78 is 11.7. The highest BCUT2D eigenvalue weighted by atomic mass is 16.5. The average Bonchev–Trinajstić information content (AvgIpc) is 3.59. The first kappa shape index (κ1) is 27.6. The Kier molecular flexibility index (Phi) is 8.28. The Balaban J connectivity index is 1.39. The number of likely N-dealkylation sites (tertiary alicyclic amines) is 1. The number of nitrogens with one attached hydrogen (secondary N) is 2. The summed E-state index contributed by atoms with van der Waals surface area (Å²) in [6, 6.07) is 6.41. The number of hydrogen-bond donors (Lipinski definition) is 2. The molecule has 1 aromatic carbocycles. The predicted molar refractivity (Wildman–Crippen MR) is 148 cm³/mol.